The molecule has 1 aliphatic rings. The fraction of sp³-hybridized carbons (Fsp3) is 0.154. The van der Waals surface area contributed by atoms with Crippen molar-refractivity contribution in [2.75, 3.05) is 0 Å². The molecule has 0 N–H and O–H groups in total. The zero-order valence-corrected chi connectivity index (χ0v) is 8.16. The molecule has 0 saturated carbocycles. The summed E-state index contributed by atoms with van der Waals surface area (Å²) in [5, 5.41) is 0. The van der Waals surface area contributed by atoms with Gasteiger partial charge in [0.1, 0.15) is 0 Å². The molecule has 1 aliphatic carbocycles. The number of carbonyl (C=O) groups excluding carboxylic acids is 1. The molecule has 0 fully saturated rings. The molecule has 0 heterocycles. The van der Waals surface area contributed by atoms with Crippen LogP contribution in [0.1, 0.15) is 24.5 Å². The van der Waals surface area contributed by atoms with E-state index in [4.69, 9.17) is 0 Å². The number of benzene rings is 1. The van der Waals surface area contributed by atoms with Gasteiger partial charge in [0.15, 0.2) is 5.78 Å². The Morgan fingerprint density at radius 1 is 1.36 bits per heavy atom. The van der Waals surface area contributed by atoms with Crippen LogP contribution in [0.5, 0.6) is 0 Å². The minimum absolute atomic E-state index is 0.116. The first kappa shape index (κ1) is 8.95. The van der Waals surface area contributed by atoms with E-state index in [0.717, 1.165) is 12.0 Å². The lowest BCUT2D eigenvalue weighted by Gasteiger charge is -2.13. The van der Waals surface area contributed by atoms with Crippen molar-refractivity contribution in [1.29, 1.82) is 0 Å². The lowest BCUT2D eigenvalue weighted by atomic mass is 9.92. The highest BCUT2D eigenvalue weighted by Gasteiger charge is 2.08. The molecule has 0 amide bonds. The molecule has 0 saturated heterocycles. The minimum atomic E-state index is 0.116. The van der Waals surface area contributed by atoms with Crippen molar-refractivity contribution in [2.24, 2.45) is 0 Å². The van der Waals surface area contributed by atoms with Crippen molar-refractivity contribution in [3.63, 3.8) is 0 Å². The van der Waals surface area contributed by atoms with Crippen LogP contribution in [-0.4, -0.2) is 5.78 Å². The van der Waals surface area contributed by atoms with E-state index in [1.807, 2.05) is 12.1 Å². The van der Waals surface area contributed by atoms with Gasteiger partial charge in [-0.15, -0.1) is 0 Å². The fourth-order valence-electron chi connectivity index (χ4n) is 1.74. The van der Waals surface area contributed by atoms with Crippen molar-refractivity contribution in [3.8, 4) is 0 Å². The molecular formula is C13H12O. The highest BCUT2D eigenvalue weighted by molar-refractivity contribution is 5.97. The minimum Gasteiger partial charge on any atom is -0.295 e. The molecule has 0 atom stereocenters. The topological polar surface area (TPSA) is 17.1 Å². The van der Waals surface area contributed by atoms with Crippen LogP contribution in [-0.2, 0) is 4.79 Å². The van der Waals surface area contributed by atoms with E-state index in [-0.39, 0.29) is 5.78 Å². The lowest BCUT2D eigenvalue weighted by Crippen LogP contribution is -1.95. The van der Waals surface area contributed by atoms with Gasteiger partial charge in [0.05, 0.1) is 0 Å². The molecule has 0 aliphatic heterocycles. The molecule has 0 spiro atoms. The quantitative estimate of drug-likeness (QED) is 0.613. The number of hydrogen-bond acceptors (Lipinski definition) is 1. The molecule has 70 valence electrons. The number of allylic oxidation sites excluding steroid dienone is 3. The Balaban J connectivity index is 2.51. The van der Waals surface area contributed by atoms with E-state index >= 15 is 0 Å². The van der Waals surface area contributed by atoms with Crippen LogP contribution in [0.15, 0.2) is 36.4 Å². The predicted octanol–water partition coefficient (Wildman–Crippen LogP) is 3.08. The number of hydrogen-bond donors (Lipinski definition) is 0. The third kappa shape index (κ3) is 1.67. The van der Waals surface area contributed by atoms with Crippen LogP contribution < -0.4 is 0 Å². The van der Waals surface area contributed by atoms with E-state index in [2.05, 4.69) is 24.3 Å². The average molecular weight is 184 g/mol. The maximum Gasteiger partial charge on any atom is 0.152 e. The standard InChI is InChI=1S/C13H12O/c1-10(14)9-12-7-4-6-11-5-2-3-8-13(11)12/h2-6,8-9H,7H2,1H3. The SMILES string of the molecule is CC(=O)C=C1CC=Cc2ccccc21. The highest BCUT2D eigenvalue weighted by Crippen LogP contribution is 2.28. The number of rotatable bonds is 1. The van der Waals surface area contributed by atoms with Crippen molar-refractivity contribution in [2.45, 2.75) is 13.3 Å². The van der Waals surface area contributed by atoms with Gasteiger partial charge in [-0.3, -0.25) is 4.79 Å². The number of fused-ring (bicyclic) bond motifs is 1. The molecule has 1 nitrogen and oxygen atoms in total. The van der Waals surface area contributed by atoms with Crippen LogP contribution in [0.3, 0.4) is 0 Å². The summed E-state index contributed by atoms with van der Waals surface area (Å²) >= 11 is 0. The summed E-state index contributed by atoms with van der Waals surface area (Å²) in [5.41, 5.74) is 3.51. The van der Waals surface area contributed by atoms with E-state index < -0.39 is 0 Å². The molecule has 14 heavy (non-hydrogen) atoms. The smallest absolute Gasteiger partial charge is 0.152 e. The van der Waals surface area contributed by atoms with Gasteiger partial charge in [-0.1, -0.05) is 36.4 Å². The molecular weight excluding hydrogens is 172 g/mol. The average Bonchev–Trinajstić information content (AvgIpc) is 2.18. The Bertz CT molecular complexity index is 425. The Morgan fingerprint density at radius 2 is 2.14 bits per heavy atom. The third-order valence-corrected chi connectivity index (χ3v) is 2.32. The van der Waals surface area contributed by atoms with Gasteiger partial charge in [-0.25, -0.2) is 0 Å². The fourth-order valence-corrected chi connectivity index (χ4v) is 1.74. The van der Waals surface area contributed by atoms with Gasteiger partial charge in [-0.05, 0) is 36.1 Å². The largest absolute Gasteiger partial charge is 0.295 e. The summed E-state index contributed by atoms with van der Waals surface area (Å²) in [6, 6.07) is 8.15. The molecule has 0 unspecified atom stereocenters. The first-order chi connectivity index (χ1) is 6.77. The number of ketones is 1. The lowest BCUT2D eigenvalue weighted by molar-refractivity contribution is -0.112. The monoisotopic (exact) mass is 184 g/mol. The van der Waals surface area contributed by atoms with Gasteiger partial charge in [0.2, 0.25) is 0 Å². The van der Waals surface area contributed by atoms with Gasteiger partial charge < -0.3 is 0 Å². The van der Waals surface area contributed by atoms with Gasteiger partial charge in [0, 0.05) is 0 Å². The summed E-state index contributed by atoms with van der Waals surface area (Å²) < 4.78 is 0. The normalized spacial score (nSPS) is 16.8. The highest BCUT2D eigenvalue weighted by atomic mass is 16.1. The summed E-state index contributed by atoms with van der Waals surface area (Å²) in [6.45, 7) is 1.59. The van der Waals surface area contributed by atoms with Gasteiger partial charge in [-0.2, -0.15) is 0 Å². The molecule has 1 aromatic carbocycles. The predicted molar refractivity (Wildman–Crippen MR) is 58.8 cm³/mol. The maximum absolute atomic E-state index is 11.0. The van der Waals surface area contributed by atoms with Crippen LogP contribution >= 0.6 is 0 Å². The molecule has 1 heteroatoms. The van der Waals surface area contributed by atoms with Crippen LogP contribution in [0.25, 0.3) is 11.6 Å². The third-order valence-electron chi connectivity index (χ3n) is 2.32. The molecule has 0 aromatic heterocycles. The first-order valence-corrected chi connectivity index (χ1v) is 4.74. The zero-order chi connectivity index (χ0) is 9.97. The van der Waals surface area contributed by atoms with Crippen molar-refractivity contribution in [1.82, 2.24) is 0 Å². The van der Waals surface area contributed by atoms with Crippen LogP contribution in [0.2, 0.25) is 0 Å². The second-order valence-electron chi connectivity index (χ2n) is 3.47. The second kappa shape index (κ2) is 3.62. The van der Waals surface area contributed by atoms with E-state index in [9.17, 15) is 4.79 Å². The van der Waals surface area contributed by atoms with E-state index in [1.165, 1.54) is 11.1 Å². The molecule has 0 radical (unpaired) electrons. The Hall–Kier alpha value is -1.63. The summed E-state index contributed by atoms with van der Waals surface area (Å²) in [5.74, 6) is 0.116. The van der Waals surface area contributed by atoms with Crippen molar-refractivity contribution < 1.29 is 4.79 Å². The summed E-state index contributed by atoms with van der Waals surface area (Å²) in [6.07, 6.45) is 6.78. The van der Waals surface area contributed by atoms with Gasteiger partial charge >= 0.3 is 0 Å². The Kier molecular flexibility index (Phi) is 2.32. The van der Waals surface area contributed by atoms with Crippen LogP contribution in [0.4, 0.5) is 0 Å². The molecule has 1 aromatic rings. The second-order valence-corrected chi connectivity index (χ2v) is 3.47. The van der Waals surface area contributed by atoms with Crippen molar-refractivity contribution in [3.05, 3.63) is 47.5 Å². The Labute approximate surface area is 83.8 Å². The maximum atomic E-state index is 11.0. The van der Waals surface area contributed by atoms with Crippen LogP contribution in [0, 0.1) is 0 Å². The molecule has 2 rings (SSSR count). The summed E-state index contributed by atoms with van der Waals surface area (Å²) in [4.78, 5) is 11.0. The van der Waals surface area contributed by atoms with E-state index in [1.54, 1.807) is 13.0 Å². The van der Waals surface area contributed by atoms with Gasteiger partial charge in [0.25, 0.3) is 0 Å². The molecule has 0 bridgehead atoms. The Morgan fingerprint density at radius 3 is 2.93 bits per heavy atom. The van der Waals surface area contributed by atoms with Crippen molar-refractivity contribution >= 4 is 17.4 Å². The van der Waals surface area contributed by atoms with E-state index in [0.29, 0.717) is 0 Å². The summed E-state index contributed by atoms with van der Waals surface area (Å²) in [7, 11) is 0. The zero-order valence-electron chi connectivity index (χ0n) is 8.16. The first-order valence-electron chi connectivity index (χ1n) is 4.74. The number of carbonyl (C=O) groups is 1.